The van der Waals surface area contributed by atoms with E-state index in [9.17, 15) is 4.79 Å². The summed E-state index contributed by atoms with van der Waals surface area (Å²) >= 11 is 9.39. The van der Waals surface area contributed by atoms with Crippen molar-refractivity contribution in [1.29, 1.82) is 0 Å². The average Bonchev–Trinajstić information content (AvgIpc) is 2.41. The molecule has 0 aliphatic heterocycles. The van der Waals surface area contributed by atoms with Gasteiger partial charge in [0.1, 0.15) is 6.61 Å². The first-order valence-electron chi connectivity index (χ1n) is 6.93. The van der Waals surface area contributed by atoms with Gasteiger partial charge < -0.3 is 10.1 Å². The predicted molar refractivity (Wildman–Crippen MR) is 85.2 cm³/mol. The van der Waals surface area contributed by atoms with E-state index in [-0.39, 0.29) is 18.6 Å². The zero-order valence-electron chi connectivity index (χ0n) is 11.5. The Hall–Kier alpha value is -0.580. The molecule has 0 heterocycles. The van der Waals surface area contributed by atoms with Crippen LogP contribution in [0.2, 0.25) is 5.02 Å². The summed E-state index contributed by atoms with van der Waals surface area (Å²) in [5.74, 6) is 0.375. The molecule has 0 saturated heterocycles. The lowest BCUT2D eigenvalue weighted by atomic mass is 9.88. The normalized spacial score (nSPS) is 22.6. The van der Waals surface area contributed by atoms with Crippen molar-refractivity contribution in [2.45, 2.75) is 38.7 Å². The molecule has 110 valence electrons. The number of carbonyl (C=O) groups excluding carboxylic acids is 1. The third-order valence-electron chi connectivity index (χ3n) is 3.67. The molecular weight excluding hydrogens is 342 g/mol. The molecule has 1 saturated carbocycles. The highest BCUT2D eigenvalue weighted by molar-refractivity contribution is 9.10. The number of rotatable bonds is 4. The van der Waals surface area contributed by atoms with Crippen molar-refractivity contribution >= 4 is 39.1 Å². The van der Waals surface area contributed by atoms with Gasteiger partial charge >= 0.3 is 0 Å². The van der Waals surface area contributed by atoms with E-state index in [0.29, 0.717) is 16.6 Å². The van der Waals surface area contributed by atoms with E-state index in [2.05, 4.69) is 28.2 Å². The molecule has 0 bridgehead atoms. The summed E-state index contributed by atoms with van der Waals surface area (Å²) < 4.78 is 6.61. The largest absolute Gasteiger partial charge is 0.368 e. The van der Waals surface area contributed by atoms with E-state index in [1.54, 1.807) is 12.1 Å². The average molecular weight is 361 g/mol. The molecule has 1 N–H and O–H groups in total. The second kappa shape index (κ2) is 7.43. The SMILES string of the molecule is C[C@H]1CCCC[C@@H]1OCC(=O)Nc1ccc(Br)cc1Cl. The maximum Gasteiger partial charge on any atom is 0.250 e. The van der Waals surface area contributed by atoms with Gasteiger partial charge in [-0.25, -0.2) is 0 Å². The van der Waals surface area contributed by atoms with Crippen LogP contribution in [-0.2, 0) is 9.53 Å². The van der Waals surface area contributed by atoms with E-state index in [1.165, 1.54) is 19.3 Å². The molecule has 3 nitrogen and oxygen atoms in total. The Morgan fingerprint density at radius 2 is 2.20 bits per heavy atom. The summed E-state index contributed by atoms with van der Waals surface area (Å²) in [5.41, 5.74) is 0.611. The minimum Gasteiger partial charge on any atom is -0.368 e. The van der Waals surface area contributed by atoms with Crippen LogP contribution < -0.4 is 5.32 Å². The smallest absolute Gasteiger partial charge is 0.250 e. The van der Waals surface area contributed by atoms with Gasteiger partial charge in [-0.05, 0) is 37.0 Å². The van der Waals surface area contributed by atoms with Crippen molar-refractivity contribution in [2.75, 3.05) is 11.9 Å². The summed E-state index contributed by atoms with van der Waals surface area (Å²) in [6, 6.07) is 5.36. The van der Waals surface area contributed by atoms with Crippen molar-refractivity contribution in [3.8, 4) is 0 Å². The predicted octanol–water partition coefficient (Wildman–Crippen LogP) is 4.64. The third-order valence-corrected chi connectivity index (χ3v) is 4.47. The maximum atomic E-state index is 11.9. The van der Waals surface area contributed by atoms with Crippen molar-refractivity contribution in [2.24, 2.45) is 5.92 Å². The second-order valence-electron chi connectivity index (χ2n) is 5.28. The first-order chi connectivity index (χ1) is 9.56. The number of amides is 1. The third kappa shape index (κ3) is 4.47. The fourth-order valence-electron chi connectivity index (χ4n) is 2.49. The standard InChI is InChI=1S/C15H19BrClNO2/c1-10-4-2-3-5-14(10)20-9-15(19)18-13-7-6-11(16)8-12(13)17/h6-8,10,14H,2-5,9H2,1H3,(H,18,19)/t10-,14-/m0/s1. The number of halogens is 2. The lowest BCUT2D eigenvalue weighted by molar-refractivity contribution is -0.124. The molecule has 1 fully saturated rings. The van der Waals surface area contributed by atoms with Gasteiger partial charge in [0.2, 0.25) is 5.91 Å². The van der Waals surface area contributed by atoms with Gasteiger partial charge in [-0.3, -0.25) is 4.79 Å². The maximum absolute atomic E-state index is 11.9. The summed E-state index contributed by atoms with van der Waals surface area (Å²) in [5, 5.41) is 3.29. The molecule has 20 heavy (non-hydrogen) atoms. The quantitative estimate of drug-likeness (QED) is 0.849. The topological polar surface area (TPSA) is 38.3 Å². The second-order valence-corrected chi connectivity index (χ2v) is 6.61. The number of hydrogen-bond acceptors (Lipinski definition) is 2. The van der Waals surface area contributed by atoms with E-state index in [4.69, 9.17) is 16.3 Å². The van der Waals surface area contributed by atoms with Crippen LogP contribution in [0.4, 0.5) is 5.69 Å². The van der Waals surface area contributed by atoms with Gasteiger partial charge in [0.15, 0.2) is 0 Å². The zero-order chi connectivity index (χ0) is 14.5. The summed E-state index contributed by atoms with van der Waals surface area (Å²) in [7, 11) is 0. The fraction of sp³-hybridized carbons (Fsp3) is 0.533. The van der Waals surface area contributed by atoms with E-state index < -0.39 is 0 Å². The summed E-state index contributed by atoms with van der Waals surface area (Å²) in [6.07, 6.45) is 4.89. The van der Waals surface area contributed by atoms with Gasteiger partial charge in [-0.1, -0.05) is 47.3 Å². The van der Waals surface area contributed by atoms with Crippen molar-refractivity contribution < 1.29 is 9.53 Å². The summed E-state index contributed by atoms with van der Waals surface area (Å²) in [6.45, 7) is 2.27. The van der Waals surface area contributed by atoms with E-state index >= 15 is 0 Å². The Kier molecular flexibility index (Phi) is 5.87. The Balaban J connectivity index is 1.83. The number of nitrogens with one attached hydrogen (secondary N) is 1. The minimum atomic E-state index is -0.160. The molecule has 2 atom stereocenters. The van der Waals surface area contributed by atoms with Gasteiger partial charge in [0, 0.05) is 4.47 Å². The minimum absolute atomic E-state index is 0.0847. The van der Waals surface area contributed by atoms with E-state index in [1.807, 2.05) is 6.07 Å². The number of carbonyl (C=O) groups is 1. The highest BCUT2D eigenvalue weighted by Gasteiger charge is 2.22. The van der Waals surface area contributed by atoms with Crippen molar-refractivity contribution in [1.82, 2.24) is 0 Å². The Labute approximate surface area is 133 Å². The molecule has 0 aromatic heterocycles. The highest BCUT2D eigenvalue weighted by Crippen LogP contribution is 2.27. The zero-order valence-corrected chi connectivity index (χ0v) is 13.8. The number of ether oxygens (including phenoxy) is 1. The number of benzene rings is 1. The Bertz CT molecular complexity index is 481. The van der Waals surface area contributed by atoms with Gasteiger partial charge in [-0.15, -0.1) is 0 Å². The van der Waals surface area contributed by atoms with Crippen LogP contribution >= 0.6 is 27.5 Å². The molecule has 1 aliphatic carbocycles. The number of anilines is 1. The molecule has 0 unspecified atom stereocenters. The first kappa shape index (κ1) is 15.8. The van der Waals surface area contributed by atoms with Crippen LogP contribution in [-0.4, -0.2) is 18.6 Å². The lowest BCUT2D eigenvalue weighted by Crippen LogP contribution is -2.29. The highest BCUT2D eigenvalue weighted by atomic mass is 79.9. The first-order valence-corrected chi connectivity index (χ1v) is 8.10. The molecule has 0 radical (unpaired) electrons. The summed E-state index contributed by atoms with van der Waals surface area (Å²) in [4.78, 5) is 11.9. The molecular formula is C15H19BrClNO2. The van der Waals surface area contributed by atoms with Gasteiger partial charge in [0.05, 0.1) is 16.8 Å². The monoisotopic (exact) mass is 359 g/mol. The van der Waals surface area contributed by atoms with Crippen LogP contribution in [0.25, 0.3) is 0 Å². The van der Waals surface area contributed by atoms with Crippen LogP contribution in [0, 0.1) is 5.92 Å². The lowest BCUT2D eigenvalue weighted by Gasteiger charge is -2.28. The molecule has 0 spiro atoms. The fourth-order valence-corrected chi connectivity index (χ4v) is 3.21. The van der Waals surface area contributed by atoms with E-state index in [0.717, 1.165) is 10.9 Å². The molecule has 2 rings (SSSR count). The van der Waals surface area contributed by atoms with Gasteiger partial charge in [0.25, 0.3) is 0 Å². The molecule has 1 aromatic carbocycles. The Morgan fingerprint density at radius 1 is 1.45 bits per heavy atom. The van der Waals surface area contributed by atoms with Crippen LogP contribution in [0.15, 0.2) is 22.7 Å². The van der Waals surface area contributed by atoms with Gasteiger partial charge in [-0.2, -0.15) is 0 Å². The van der Waals surface area contributed by atoms with Crippen molar-refractivity contribution in [3.05, 3.63) is 27.7 Å². The van der Waals surface area contributed by atoms with Crippen LogP contribution in [0.5, 0.6) is 0 Å². The molecule has 1 amide bonds. The molecule has 5 heteroatoms. The number of hydrogen-bond donors (Lipinski definition) is 1. The molecule has 1 aromatic rings. The van der Waals surface area contributed by atoms with Crippen LogP contribution in [0.1, 0.15) is 32.6 Å². The Morgan fingerprint density at radius 3 is 2.90 bits per heavy atom. The molecule has 1 aliphatic rings. The van der Waals surface area contributed by atoms with Crippen molar-refractivity contribution in [3.63, 3.8) is 0 Å². The van der Waals surface area contributed by atoms with Crippen LogP contribution in [0.3, 0.4) is 0 Å².